The lowest BCUT2D eigenvalue weighted by molar-refractivity contribution is -0.117. The summed E-state index contributed by atoms with van der Waals surface area (Å²) in [5, 5.41) is 11.4. The number of amides is 1. The van der Waals surface area contributed by atoms with E-state index >= 15 is 0 Å². The van der Waals surface area contributed by atoms with Crippen molar-refractivity contribution in [3.8, 4) is 6.07 Å². The topological polar surface area (TPSA) is 56.1 Å². The molecule has 0 aliphatic rings. The van der Waals surface area contributed by atoms with Gasteiger partial charge >= 0.3 is 0 Å². The molecule has 18 heavy (non-hydrogen) atoms. The van der Waals surface area contributed by atoms with E-state index in [1.54, 1.807) is 0 Å². The van der Waals surface area contributed by atoms with Gasteiger partial charge in [-0.3, -0.25) is 9.69 Å². The van der Waals surface area contributed by atoms with Crippen LogP contribution in [0.15, 0.2) is 28.7 Å². The molecule has 0 bridgehead atoms. The third-order valence-corrected chi connectivity index (χ3v) is 3.13. The summed E-state index contributed by atoms with van der Waals surface area (Å²) in [6.07, 6.45) is 0.417. The standard InChI is InChI=1S/C13H16BrN3O/c1-10(6-7-15)17(2)9-13(18)16-12-5-3-4-11(14)8-12/h3-5,8,10H,6,9H2,1-2H3,(H,16,18). The van der Waals surface area contributed by atoms with E-state index in [9.17, 15) is 4.79 Å². The molecule has 1 amide bonds. The summed E-state index contributed by atoms with van der Waals surface area (Å²) in [7, 11) is 1.84. The lowest BCUT2D eigenvalue weighted by atomic mass is 10.2. The van der Waals surface area contributed by atoms with Crippen LogP contribution in [0.5, 0.6) is 0 Å². The molecule has 1 N–H and O–H groups in total. The van der Waals surface area contributed by atoms with Crippen LogP contribution in [0.25, 0.3) is 0 Å². The fraction of sp³-hybridized carbons (Fsp3) is 0.385. The van der Waals surface area contributed by atoms with Gasteiger partial charge in [0.25, 0.3) is 0 Å². The number of nitriles is 1. The molecule has 0 saturated heterocycles. The van der Waals surface area contributed by atoms with Gasteiger partial charge in [-0.2, -0.15) is 5.26 Å². The molecular formula is C13H16BrN3O. The van der Waals surface area contributed by atoms with Crippen LogP contribution in [0.3, 0.4) is 0 Å². The predicted octanol–water partition coefficient (Wildman–Crippen LogP) is 2.62. The number of halogens is 1. The van der Waals surface area contributed by atoms with E-state index in [1.165, 1.54) is 0 Å². The molecule has 4 nitrogen and oxygen atoms in total. The van der Waals surface area contributed by atoms with Gasteiger partial charge in [0, 0.05) is 16.2 Å². The molecule has 0 spiro atoms. The van der Waals surface area contributed by atoms with Crippen molar-refractivity contribution in [2.75, 3.05) is 18.9 Å². The maximum absolute atomic E-state index is 11.8. The maximum Gasteiger partial charge on any atom is 0.238 e. The van der Waals surface area contributed by atoms with Gasteiger partial charge in [-0.25, -0.2) is 0 Å². The van der Waals surface area contributed by atoms with E-state index in [2.05, 4.69) is 27.3 Å². The fourth-order valence-corrected chi connectivity index (χ4v) is 1.84. The number of benzene rings is 1. The number of likely N-dealkylation sites (N-methyl/N-ethyl adjacent to an activating group) is 1. The van der Waals surface area contributed by atoms with Crippen molar-refractivity contribution in [3.63, 3.8) is 0 Å². The van der Waals surface area contributed by atoms with E-state index in [1.807, 2.05) is 43.1 Å². The Hall–Kier alpha value is -1.38. The Kier molecular flexibility index (Phi) is 5.83. The molecule has 1 rings (SSSR count). The lowest BCUT2D eigenvalue weighted by Gasteiger charge is -2.21. The summed E-state index contributed by atoms with van der Waals surface area (Å²) in [6, 6.07) is 9.61. The minimum Gasteiger partial charge on any atom is -0.325 e. The monoisotopic (exact) mass is 309 g/mol. The average Bonchev–Trinajstić information content (AvgIpc) is 2.28. The second kappa shape index (κ2) is 7.14. The number of carbonyl (C=O) groups excluding carboxylic acids is 1. The van der Waals surface area contributed by atoms with E-state index in [-0.39, 0.29) is 18.5 Å². The first-order valence-corrected chi connectivity index (χ1v) is 6.45. The van der Waals surface area contributed by atoms with Gasteiger partial charge in [0.15, 0.2) is 0 Å². The smallest absolute Gasteiger partial charge is 0.238 e. The minimum atomic E-state index is -0.0830. The van der Waals surface area contributed by atoms with E-state index in [0.29, 0.717) is 6.42 Å². The second-order valence-corrected chi connectivity index (χ2v) is 5.10. The third kappa shape index (κ3) is 4.86. The molecule has 0 aliphatic heterocycles. The zero-order valence-electron chi connectivity index (χ0n) is 10.5. The summed E-state index contributed by atoms with van der Waals surface area (Å²) < 4.78 is 0.923. The zero-order chi connectivity index (χ0) is 13.5. The molecule has 5 heteroatoms. The van der Waals surface area contributed by atoms with Crippen LogP contribution in [0.2, 0.25) is 0 Å². The Morgan fingerprint density at radius 2 is 2.33 bits per heavy atom. The highest BCUT2D eigenvalue weighted by molar-refractivity contribution is 9.10. The van der Waals surface area contributed by atoms with Crippen molar-refractivity contribution in [3.05, 3.63) is 28.7 Å². The average molecular weight is 310 g/mol. The first kappa shape index (κ1) is 14.7. The predicted molar refractivity (Wildman–Crippen MR) is 75.1 cm³/mol. The Bertz CT molecular complexity index is 456. The van der Waals surface area contributed by atoms with Gasteiger partial charge in [0.1, 0.15) is 0 Å². The largest absolute Gasteiger partial charge is 0.325 e. The number of hydrogen-bond acceptors (Lipinski definition) is 3. The molecule has 1 unspecified atom stereocenters. The van der Waals surface area contributed by atoms with E-state index < -0.39 is 0 Å². The number of nitrogens with zero attached hydrogens (tertiary/aromatic N) is 2. The molecule has 0 heterocycles. The number of carbonyl (C=O) groups is 1. The number of hydrogen-bond donors (Lipinski definition) is 1. The van der Waals surface area contributed by atoms with Crippen LogP contribution in [0, 0.1) is 11.3 Å². The summed E-state index contributed by atoms with van der Waals surface area (Å²) in [6.45, 7) is 2.20. The van der Waals surface area contributed by atoms with Crippen molar-refractivity contribution >= 4 is 27.5 Å². The highest BCUT2D eigenvalue weighted by Crippen LogP contribution is 2.15. The molecule has 1 atom stereocenters. The van der Waals surface area contributed by atoms with Crippen LogP contribution in [0.1, 0.15) is 13.3 Å². The Morgan fingerprint density at radius 3 is 2.94 bits per heavy atom. The molecule has 0 fully saturated rings. The molecule has 0 aromatic heterocycles. The summed E-state index contributed by atoms with van der Waals surface area (Å²) in [4.78, 5) is 13.6. The lowest BCUT2D eigenvalue weighted by Crippen LogP contribution is -2.36. The van der Waals surface area contributed by atoms with E-state index in [4.69, 9.17) is 5.26 Å². The molecule has 0 saturated carbocycles. The second-order valence-electron chi connectivity index (χ2n) is 4.18. The first-order valence-electron chi connectivity index (χ1n) is 5.65. The molecule has 0 radical (unpaired) electrons. The highest BCUT2D eigenvalue weighted by atomic mass is 79.9. The van der Waals surface area contributed by atoms with Crippen molar-refractivity contribution in [1.82, 2.24) is 4.90 Å². The fourth-order valence-electron chi connectivity index (χ4n) is 1.44. The number of nitrogens with one attached hydrogen (secondary N) is 1. The van der Waals surface area contributed by atoms with Crippen LogP contribution < -0.4 is 5.32 Å². The molecular weight excluding hydrogens is 294 g/mol. The third-order valence-electron chi connectivity index (χ3n) is 2.64. The zero-order valence-corrected chi connectivity index (χ0v) is 12.1. The highest BCUT2D eigenvalue weighted by Gasteiger charge is 2.12. The van der Waals surface area contributed by atoms with Gasteiger partial charge in [-0.15, -0.1) is 0 Å². The quantitative estimate of drug-likeness (QED) is 0.909. The summed E-state index contributed by atoms with van der Waals surface area (Å²) in [5.41, 5.74) is 0.760. The Labute approximate surface area is 116 Å². The van der Waals surface area contributed by atoms with Gasteiger partial charge < -0.3 is 5.32 Å². The molecule has 1 aromatic rings. The maximum atomic E-state index is 11.8. The number of rotatable bonds is 5. The Balaban J connectivity index is 2.49. The van der Waals surface area contributed by atoms with Gasteiger partial charge in [0.05, 0.1) is 19.0 Å². The van der Waals surface area contributed by atoms with Crippen LogP contribution in [-0.2, 0) is 4.79 Å². The number of anilines is 1. The van der Waals surface area contributed by atoms with Crippen molar-refractivity contribution in [2.45, 2.75) is 19.4 Å². The van der Waals surface area contributed by atoms with Crippen molar-refractivity contribution < 1.29 is 4.79 Å². The van der Waals surface area contributed by atoms with Crippen molar-refractivity contribution in [2.24, 2.45) is 0 Å². The van der Waals surface area contributed by atoms with Crippen LogP contribution in [0.4, 0.5) is 5.69 Å². The minimum absolute atomic E-state index is 0.0725. The van der Waals surface area contributed by atoms with Gasteiger partial charge in [-0.1, -0.05) is 22.0 Å². The molecule has 96 valence electrons. The first-order chi connectivity index (χ1) is 8.52. The summed E-state index contributed by atoms with van der Waals surface area (Å²) in [5.74, 6) is -0.0830. The van der Waals surface area contributed by atoms with Gasteiger partial charge in [-0.05, 0) is 32.2 Å². The molecule has 0 aliphatic carbocycles. The van der Waals surface area contributed by atoms with Crippen LogP contribution in [-0.4, -0.2) is 30.4 Å². The normalized spacial score (nSPS) is 11.9. The van der Waals surface area contributed by atoms with Gasteiger partial charge in [0.2, 0.25) is 5.91 Å². The summed E-state index contributed by atoms with van der Waals surface area (Å²) >= 11 is 3.35. The SMILES string of the molecule is CC(CC#N)N(C)CC(=O)Nc1cccc(Br)c1. The van der Waals surface area contributed by atoms with Crippen LogP contribution >= 0.6 is 15.9 Å². The molecule has 1 aromatic carbocycles. The van der Waals surface area contributed by atoms with Crippen molar-refractivity contribution in [1.29, 1.82) is 5.26 Å². The van der Waals surface area contributed by atoms with E-state index in [0.717, 1.165) is 10.2 Å². The Morgan fingerprint density at radius 1 is 1.61 bits per heavy atom.